The molecule has 190 valence electrons. The molecular weight excluding hydrogens is 498 g/mol. The van der Waals surface area contributed by atoms with E-state index < -0.39 is 17.4 Å². The van der Waals surface area contributed by atoms with Gasteiger partial charge >= 0.3 is 12.2 Å². The van der Waals surface area contributed by atoms with Gasteiger partial charge < -0.3 is 4.74 Å². The Hall–Kier alpha value is -3.07. The van der Waals surface area contributed by atoms with E-state index in [1.54, 1.807) is 30.3 Å². The van der Waals surface area contributed by atoms with Crippen LogP contribution in [-0.2, 0) is 11.2 Å². The highest BCUT2D eigenvalue weighted by atomic mass is 35.5. The summed E-state index contributed by atoms with van der Waals surface area (Å²) in [5.41, 5.74) is -0.234. The molecule has 3 aromatic rings. The molecule has 1 aliphatic carbocycles. The number of hydrogen-bond donors (Lipinski definition) is 0. The van der Waals surface area contributed by atoms with E-state index in [4.69, 9.17) is 16.3 Å². The Balaban J connectivity index is 1.65. The fourth-order valence-corrected chi connectivity index (χ4v) is 3.92. The zero-order valence-electron chi connectivity index (χ0n) is 19.9. The minimum Gasteiger partial charge on any atom is -0.467 e. The summed E-state index contributed by atoms with van der Waals surface area (Å²) in [6, 6.07) is 9.55. The second-order valence-corrected chi connectivity index (χ2v) is 9.75. The Labute approximate surface area is 210 Å². The molecule has 1 aliphatic rings. The Morgan fingerprint density at radius 3 is 2.39 bits per heavy atom. The summed E-state index contributed by atoms with van der Waals surface area (Å²) in [4.78, 5) is 25.4. The fraction of sp³-hybridized carbons (Fsp3) is 0.385. The van der Waals surface area contributed by atoms with Crippen molar-refractivity contribution in [3.05, 3.63) is 58.4 Å². The number of ether oxygens (including phenoxy) is 1. The second-order valence-electron chi connectivity index (χ2n) is 9.34. The van der Waals surface area contributed by atoms with Crippen LogP contribution >= 0.6 is 11.6 Å². The zero-order chi connectivity index (χ0) is 26.3. The first-order valence-corrected chi connectivity index (χ1v) is 11.8. The minimum atomic E-state index is -4.63. The Bertz CT molecular complexity index is 1310. The normalized spacial score (nSPS) is 14.1. The highest BCUT2D eigenvalue weighted by Gasteiger charge is 2.51. The number of halogens is 5. The van der Waals surface area contributed by atoms with E-state index in [1.165, 1.54) is 13.2 Å². The van der Waals surface area contributed by atoms with E-state index >= 15 is 0 Å². The quantitative estimate of drug-likeness (QED) is 0.299. The minimum absolute atomic E-state index is 0.0240. The number of methoxy groups -OCH3 is 1. The van der Waals surface area contributed by atoms with Crippen LogP contribution in [0.2, 0.25) is 5.02 Å². The lowest BCUT2D eigenvalue weighted by Gasteiger charge is -2.26. The first-order valence-electron chi connectivity index (χ1n) is 11.4. The van der Waals surface area contributed by atoms with Gasteiger partial charge in [0, 0.05) is 17.5 Å². The molecule has 2 aromatic carbocycles. The van der Waals surface area contributed by atoms with Gasteiger partial charge in [-0.3, -0.25) is 4.79 Å². The molecule has 0 radical (unpaired) electrons. The summed E-state index contributed by atoms with van der Waals surface area (Å²) in [7, 11) is 1.40. The monoisotopic (exact) mass is 521 g/mol. The van der Waals surface area contributed by atoms with Crippen LogP contribution in [0.25, 0.3) is 22.8 Å². The third-order valence-corrected chi connectivity index (χ3v) is 6.72. The lowest BCUT2D eigenvalue weighted by atomic mass is 9.84. The molecule has 0 N–H and O–H groups in total. The molecule has 1 fully saturated rings. The molecule has 0 bridgehead atoms. The average Bonchev–Trinajstić information content (AvgIpc) is 3.68. The van der Waals surface area contributed by atoms with Gasteiger partial charge in [-0.05, 0) is 80.5 Å². The van der Waals surface area contributed by atoms with Crippen molar-refractivity contribution in [1.29, 1.82) is 0 Å². The van der Waals surface area contributed by atoms with Crippen LogP contribution in [0, 0.1) is 11.2 Å². The van der Waals surface area contributed by atoms with Crippen molar-refractivity contribution >= 4 is 17.4 Å². The number of rotatable bonds is 8. The van der Waals surface area contributed by atoms with Crippen molar-refractivity contribution in [1.82, 2.24) is 15.0 Å². The lowest BCUT2D eigenvalue weighted by Crippen LogP contribution is -2.39. The summed E-state index contributed by atoms with van der Waals surface area (Å²) in [6.45, 7) is 1.76. The molecule has 4 rings (SSSR count). The molecule has 1 saturated carbocycles. The van der Waals surface area contributed by atoms with Gasteiger partial charge in [0.2, 0.25) is 0 Å². The number of Topliss-reactive ketones (excluding diaryl/α,β-unsaturated/α-hetero) is 1. The molecule has 1 heterocycles. The molecule has 0 spiro atoms. The van der Waals surface area contributed by atoms with Crippen molar-refractivity contribution in [3.63, 3.8) is 0 Å². The standard InChI is InChI=1S/C26H24ClF4N3O2/c1-25(2,26(29,30)31)21(35)11-5-14-4-9-19(27)18(12-14)23-32-22(33-24(34-23)36-3)16-8-10-20(28)17(13-16)15-6-7-15/h4,8-10,12-13,15H,5-7,11H2,1-3H3. The molecule has 0 aliphatic heterocycles. The molecule has 0 atom stereocenters. The fourth-order valence-electron chi connectivity index (χ4n) is 3.72. The maximum absolute atomic E-state index is 14.2. The van der Waals surface area contributed by atoms with E-state index in [2.05, 4.69) is 15.0 Å². The summed E-state index contributed by atoms with van der Waals surface area (Å²) < 4.78 is 59.1. The van der Waals surface area contributed by atoms with Crippen LogP contribution in [-0.4, -0.2) is 34.0 Å². The molecule has 36 heavy (non-hydrogen) atoms. The Morgan fingerprint density at radius 1 is 1.06 bits per heavy atom. The third kappa shape index (κ3) is 5.36. The summed E-state index contributed by atoms with van der Waals surface area (Å²) >= 11 is 6.41. The maximum atomic E-state index is 14.2. The van der Waals surface area contributed by atoms with Crippen LogP contribution in [0.4, 0.5) is 17.6 Å². The maximum Gasteiger partial charge on any atom is 0.400 e. The zero-order valence-corrected chi connectivity index (χ0v) is 20.7. The largest absolute Gasteiger partial charge is 0.467 e. The van der Waals surface area contributed by atoms with Gasteiger partial charge in [-0.25, -0.2) is 9.37 Å². The van der Waals surface area contributed by atoms with Gasteiger partial charge in [-0.15, -0.1) is 0 Å². The van der Waals surface area contributed by atoms with Gasteiger partial charge in [0.15, 0.2) is 11.6 Å². The first-order chi connectivity index (χ1) is 16.9. The second kappa shape index (κ2) is 9.76. The SMILES string of the molecule is COc1nc(-c2ccc(F)c(C3CC3)c2)nc(-c2cc(CCC(=O)C(C)(C)C(F)(F)F)ccc2Cl)n1. The van der Waals surface area contributed by atoms with E-state index in [-0.39, 0.29) is 42.2 Å². The van der Waals surface area contributed by atoms with E-state index in [9.17, 15) is 22.4 Å². The van der Waals surface area contributed by atoms with Crippen molar-refractivity contribution in [3.8, 4) is 28.8 Å². The van der Waals surface area contributed by atoms with Crippen molar-refractivity contribution in [2.24, 2.45) is 5.41 Å². The van der Waals surface area contributed by atoms with Crippen molar-refractivity contribution < 1.29 is 27.1 Å². The lowest BCUT2D eigenvalue weighted by molar-refractivity contribution is -0.210. The Kier molecular flexibility index (Phi) is 7.05. The number of benzene rings is 2. The summed E-state index contributed by atoms with van der Waals surface area (Å²) in [5, 5.41) is 0.303. The Morgan fingerprint density at radius 2 is 1.75 bits per heavy atom. The van der Waals surface area contributed by atoms with Crippen LogP contribution in [0.5, 0.6) is 6.01 Å². The van der Waals surface area contributed by atoms with Crippen molar-refractivity contribution in [2.45, 2.75) is 51.6 Å². The molecule has 10 heteroatoms. The smallest absolute Gasteiger partial charge is 0.400 e. The highest BCUT2D eigenvalue weighted by Crippen LogP contribution is 2.42. The van der Waals surface area contributed by atoms with Crippen LogP contribution < -0.4 is 4.74 Å². The first kappa shape index (κ1) is 26.0. The molecule has 1 aromatic heterocycles. The molecule has 0 saturated heterocycles. The van der Waals surface area contributed by atoms with E-state index in [0.717, 1.165) is 26.7 Å². The summed E-state index contributed by atoms with van der Waals surface area (Å²) in [5.74, 6) is -0.547. The van der Waals surface area contributed by atoms with Crippen molar-refractivity contribution in [2.75, 3.05) is 7.11 Å². The van der Waals surface area contributed by atoms with Crippen LogP contribution in [0.3, 0.4) is 0 Å². The average molecular weight is 522 g/mol. The number of ketones is 1. The molecule has 0 amide bonds. The number of carbonyl (C=O) groups excluding carboxylic acids is 1. The van der Waals surface area contributed by atoms with Gasteiger partial charge in [0.1, 0.15) is 17.0 Å². The number of aryl methyl sites for hydroxylation is 1. The number of alkyl halides is 3. The number of nitrogens with zero attached hydrogens (tertiary/aromatic N) is 3. The van der Waals surface area contributed by atoms with Gasteiger partial charge in [0.05, 0.1) is 12.1 Å². The summed E-state index contributed by atoms with van der Waals surface area (Å²) in [6.07, 6.45) is -2.99. The van der Waals surface area contributed by atoms with E-state index in [0.29, 0.717) is 27.3 Å². The van der Waals surface area contributed by atoms with Gasteiger partial charge in [-0.1, -0.05) is 17.7 Å². The number of carbonyl (C=O) groups is 1. The number of hydrogen-bond acceptors (Lipinski definition) is 5. The molecule has 5 nitrogen and oxygen atoms in total. The third-order valence-electron chi connectivity index (χ3n) is 6.39. The predicted molar refractivity (Wildman–Crippen MR) is 127 cm³/mol. The van der Waals surface area contributed by atoms with Gasteiger partial charge in [-0.2, -0.15) is 23.1 Å². The van der Waals surface area contributed by atoms with E-state index in [1.807, 2.05) is 0 Å². The van der Waals surface area contributed by atoms with Crippen LogP contribution in [0.1, 0.15) is 50.2 Å². The highest BCUT2D eigenvalue weighted by molar-refractivity contribution is 6.33. The molecule has 0 unspecified atom stereocenters. The predicted octanol–water partition coefficient (Wildman–Crippen LogP) is 6.97. The van der Waals surface area contributed by atoms with Gasteiger partial charge in [0.25, 0.3) is 0 Å². The number of aromatic nitrogens is 3. The van der Waals surface area contributed by atoms with Crippen LogP contribution in [0.15, 0.2) is 36.4 Å². The topological polar surface area (TPSA) is 65.0 Å². The molecular formula is C26H24ClF4N3O2.